The van der Waals surface area contributed by atoms with E-state index in [4.69, 9.17) is 15.5 Å². The summed E-state index contributed by atoms with van der Waals surface area (Å²) in [6.45, 7) is 20.1. The van der Waals surface area contributed by atoms with Crippen molar-refractivity contribution in [3.8, 4) is 12.1 Å². The highest BCUT2D eigenvalue weighted by Crippen LogP contribution is 2.22. The van der Waals surface area contributed by atoms with E-state index in [1.54, 1.807) is 0 Å². The number of nitrogens with one attached hydrogen (secondary N) is 1. The third kappa shape index (κ3) is 6.90. The summed E-state index contributed by atoms with van der Waals surface area (Å²) in [5.74, 6) is 0. The first kappa shape index (κ1) is 24.7. The van der Waals surface area contributed by atoms with Crippen LogP contribution in [0.15, 0.2) is 70.5 Å². The number of allylic oxidation sites excluding steroid dienone is 6. The Hall–Kier alpha value is -3.37. The Morgan fingerprint density at radius 2 is 1.87 bits per heavy atom. The van der Waals surface area contributed by atoms with Gasteiger partial charge in [0.15, 0.2) is 0 Å². The standard InChI is InChI=1S/C26H32N4/c1-9-24-14-23(16-28)11-12-25(24)21(7)29-22(8)26(30-20(6)17(2)3)13-10-18(4)19(5)15-27/h10-12,14,21,29H,5,8-9,13H2,1-4,6-7H3. The van der Waals surface area contributed by atoms with Crippen LogP contribution in [0.4, 0.5) is 0 Å². The van der Waals surface area contributed by atoms with Gasteiger partial charge in [-0.1, -0.05) is 37.8 Å². The van der Waals surface area contributed by atoms with Gasteiger partial charge in [0, 0.05) is 29.4 Å². The molecule has 1 N–H and O–H groups in total. The highest BCUT2D eigenvalue weighted by Gasteiger charge is 2.14. The molecule has 0 aliphatic rings. The van der Waals surface area contributed by atoms with E-state index in [1.807, 2.05) is 52.0 Å². The van der Waals surface area contributed by atoms with Crippen molar-refractivity contribution >= 4 is 5.71 Å². The molecule has 0 aliphatic heterocycles. The van der Waals surface area contributed by atoms with Gasteiger partial charge in [0.1, 0.15) is 0 Å². The van der Waals surface area contributed by atoms with E-state index in [2.05, 4.69) is 44.5 Å². The molecular formula is C26H32N4. The van der Waals surface area contributed by atoms with Gasteiger partial charge >= 0.3 is 0 Å². The van der Waals surface area contributed by atoms with Crippen molar-refractivity contribution in [1.82, 2.24) is 5.32 Å². The van der Waals surface area contributed by atoms with Crippen LogP contribution >= 0.6 is 0 Å². The molecule has 1 aromatic rings. The quantitative estimate of drug-likeness (QED) is 0.294. The maximum absolute atomic E-state index is 9.16. The first-order chi connectivity index (χ1) is 14.1. The van der Waals surface area contributed by atoms with Crippen molar-refractivity contribution in [1.29, 1.82) is 10.5 Å². The topological polar surface area (TPSA) is 72.0 Å². The lowest BCUT2D eigenvalue weighted by Gasteiger charge is -2.21. The molecule has 0 aromatic heterocycles. The zero-order valence-electron chi connectivity index (χ0n) is 19.1. The molecule has 156 valence electrons. The number of aryl methyl sites for hydroxylation is 1. The van der Waals surface area contributed by atoms with Crippen molar-refractivity contribution < 1.29 is 0 Å². The van der Waals surface area contributed by atoms with E-state index in [9.17, 15) is 0 Å². The summed E-state index contributed by atoms with van der Waals surface area (Å²) < 4.78 is 0. The van der Waals surface area contributed by atoms with E-state index in [1.165, 1.54) is 0 Å². The highest BCUT2D eigenvalue weighted by atomic mass is 14.9. The molecule has 1 unspecified atom stereocenters. The maximum atomic E-state index is 9.16. The van der Waals surface area contributed by atoms with Crippen LogP contribution in [0.5, 0.6) is 0 Å². The summed E-state index contributed by atoms with van der Waals surface area (Å²) in [7, 11) is 0. The predicted molar refractivity (Wildman–Crippen MR) is 126 cm³/mol. The molecule has 0 fully saturated rings. The Bertz CT molecular complexity index is 987. The summed E-state index contributed by atoms with van der Waals surface area (Å²) in [5.41, 5.74) is 7.86. The van der Waals surface area contributed by atoms with E-state index >= 15 is 0 Å². The molecule has 0 saturated carbocycles. The van der Waals surface area contributed by atoms with Gasteiger partial charge in [-0.05, 0) is 69.9 Å². The second-order valence-electron chi connectivity index (χ2n) is 7.55. The van der Waals surface area contributed by atoms with Gasteiger partial charge < -0.3 is 5.32 Å². The van der Waals surface area contributed by atoms with Crippen LogP contribution in [0, 0.1) is 22.7 Å². The third-order valence-electron chi connectivity index (χ3n) is 5.10. The SMILES string of the molecule is C=C(C#N)C(C)=CCC(=NC(C)=C(C)C)C(=C)NC(C)c1ccc(C#N)cc1CC. The van der Waals surface area contributed by atoms with E-state index in [0.717, 1.165) is 45.8 Å². The number of nitriles is 2. The minimum atomic E-state index is 0.0107. The maximum Gasteiger partial charge on any atom is 0.0991 e. The smallest absolute Gasteiger partial charge is 0.0991 e. The summed E-state index contributed by atoms with van der Waals surface area (Å²) in [4.78, 5) is 4.78. The van der Waals surface area contributed by atoms with Crippen LogP contribution in [0.25, 0.3) is 0 Å². The monoisotopic (exact) mass is 400 g/mol. The van der Waals surface area contributed by atoms with Gasteiger partial charge in [-0.3, -0.25) is 4.99 Å². The minimum Gasteiger partial charge on any atom is -0.378 e. The number of rotatable bonds is 9. The van der Waals surface area contributed by atoms with Gasteiger partial charge in [0.2, 0.25) is 0 Å². The summed E-state index contributed by atoms with van der Waals surface area (Å²) in [5, 5.41) is 21.7. The van der Waals surface area contributed by atoms with Crippen LogP contribution in [0.2, 0.25) is 0 Å². The van der Waals surface area contributed by atoms with Crippen molar-refractivity contribution in [3.05, 3.63) is 82.2 Å². The van der Waals surface area contributed by atoms with Gasteiger partial charge in [-0.25, -0.2) is 0 Å². The second kappa shape index (κ2) is 11.6. The van der Waals surface area contributed by atoms with Crippen molar-refractivity contribution in [3.63, 3.8) is 0 Å². The van der Waals surface area contributed by atoms with E-state index < -0.39 is 0 Å². The van der Waals surface area contributed by atoms with E-state index in [-0.39, 0.29) is 6.04 Å². The van der Waals surface area contributed by atoms with Gasteiger partial charge in [-0.2, -0.15) is 10.5 Å². The first-order valence-corrected chi connectivity index (χ1v) is 10.1. The Labute approximate surface area is 181 Å². The molecule has 0 aliphatic carbocycles. The van der Waals surface area contributed by atoms with Crippen LogP contribution in [0.3, 0.4) is 0 Å². The molecule has 4 nitrogen and oxygen atoms in total. The number of benzene rings is 1. The molecular weight excluding hydrogens is 368 g/mol. The predicted octanol–water partition coefficient (Wildman–Crippen LogP) is 6.46. The molecule has 0 heterocycles. The Balaban J connectivity index is 3.19. The fourth-order valence-corrected chi connectivity index (χ4v) is 2.84. The normalized spacial score (nSPS) is 12.4. The highest BCUT2D eigenvalue weighted by molar-refractivity contribution is 6.00. The van der Waals surface area contributed by atoms with Gasteiger partial charge in [-0.15, -0.1) is 0 Å². The third-order valence-corrected chi connectivity index (χ3v) is 5.10. The molecule has 0 bridgehead atoms. The molecule has 30 heavy (non-hydrogen) atoms. The lowest BCUT2D eigenvalue weighted by atomic mass is 9.97. The molecule has 1 aromatic carbocycles. The van der Waals surface area contributed by atoms with E-state index in [0.29, 0.717) is 17.6 Å². The average Bonchev–Trinajstić information content (AvgIpc) is 2.74. The zero-order chi connectivity index (χ0) is 22.8. The van der Waals surface area contributed by atoms with Crippen LogP contribution in [-0.4, -0.2) is 5.71 Å². The molecule has 0 spiro atoms. The van der Waals surface area contributed by atoms with Crippen molar-refractivity contribution in [2.45, 2.75) is 60.4 Å². The zero-order valence-corrected chi connectivity index (χ0v) is 19.1. The summed E-state index contributed by atoms with van der Waals surface area (Å²) >= 11 is 0. The lowest BCUT2D eigenvalue weighted by Crippen LogP contribution is -2.24. The largest absolute Gasteiger partial charge is 0.378 e. The summed E-state index contributed by atoms with van der Waals surface area (Å²) in [6, 6.07) is 10.1. The Morgan fingerprint density at radius 1 is 1.20 bits per heavy atom. The van der Waals surface area contributed by atoms with Gasteiger partial charge in [0.05, 0.1) is 23.4 Å². The first-order valence-electron chi connectivity index (χ1n) is 10.1. The average molecular weight is 401 g/mol. The van der Waals surface area contributed by atoms with Gasteiger partial charge in [0.25, 0.3) is 0 Å². The molecule has 1 rings (SSSR count). The van der Waals surface area contributed by atoms with Crippen LogP contribution in [0.1, 0.15) is 70.7 Å². The number of nitrogens with zero attached hydrogens (tertiary/aromatic N) is 3. The molecule has 0 saturated heterocycles. The lowest BCUT2D eigenvalue weighted by molar-refractivity contribution is 0.664. The van der Waals surface area contributed by atoms with Crippen molar-refractivity contribution in [2.75, 3.05) is 0 Å². The number of hydrogen-bond donors (Lipinski definition) is 1. The Kier molecular flexibility index (Phi) is 9.53. The van der Waals surface area contributed by atoms with Crippen LogP contribution < -0.4 is 5.32 Å². The molecule has 4 heteroatoms. The second-order valence-corrected chi connectivity index (χ2v) is 7.55. The van der Waals surface area contributed by atoms with Crippen molar-refractivity contribution in [2.24, 2.45) is 4.99 Å². The fraction of sp³-hybridized carbons (Fsp3) is 0.346. The summed E-state index contributed by atoms with van der Waals surface area (Å²) in [6.07, 6.45) is 3.35. The molecule has 1 atom stereocenters. The number of hydrogen-bond acceptors (Lipinski definition) is 4. The fourth-order valence-electron chi connectivity index (χ4n) is 2.84. The van der Waals surface area contributed by atoms with Crippen LogP contribution in [-0.2, 0) is 6.42 Å². The number of aliphatic imine (C=N–C) groups is 1. The minimum absolute atomic E-state index is 0.0107. The Morgan fingerprint density at radius 3 is 2.40 bits per heavy atom. The molecule has 0 radical (unpaired) electrons. The molecule has 0 amide bonds.